The number of methoxy groups -OCH3 is 1. The molecule has 0 unspecified atom stereocenters. The van der Waals surface area contributed by atoms with Gasteiger partial charge in [0.2, 0.25) is 0 Å². The summed E-state index contributed by atoms with van der Waals surface area (Å²) in [4.78, 5) is 9.62. The van der Waals surface area contributed by atoms with E-state index in [1.807, 2.05) is 0 Å². The minimum atomic E-state index is 0. The normalized spacial score (nSPS) is 14.8. The highest BCUT2D eigenvalue weighted by Gasteiger charge is 2.19. The van der Waals surface area contributed by atoms with Crippen molar-refractivity contribution in [3.63, 3.8) is 0 Å². The summed E-state index contributed by atoms with van der Waals surface area (Å²) in [5.74, 6) is 1.04. The van der Waals surface area contributed by atoms with Crippen LogP contribution in [0.5, 0.6) is 0 Å². The number of halogens is 1. The predicted octanol–water partition coefficient (Wildman–Crippen LogP) is 2.84. The number of rotatable bonds is 10. The number of piperazine rings is 1. The molecule has 1 aromatic carbocycles. The van der Waals surface area contributed by atoms with Gasteiger partial charge in [0.25, 0.3) is 0 Å². The van der Waals surface area contributed by atoms with Gasteiger partial charge in [-0.25, -0.2) is 0 Å². The Bertz CT molecular complexity index is 508. The molecule has 0 radical (unpaired) electrons. The van der Waals surface area contributed by atoms with Crippen LogP contribution in [-0.2, 0) is 9.47 Å². The van der Waals surface area contributed by atoms with E-state index in [1.165, 1.54) is 5.69 Å². The monoisotopic (exact) mass is 490 g/mol. The Morgan fingerprint density at radius 2 is 1.78 bits per heavy atom. The minimum absolute atomic E-state index is 0. The lowest BCUT2D eigenvalue weighted by atomic mass is 10.2. The summed E-state index contributed by atoms with van der Waals surface area (Å²) in [6.07, 6.45) is 2.08. The van der Waals surface area contributed by atoms with Gasteiger partial charge in [0.1, 0.15) is 0 Å². The van der Waals surface area contributed by atoms with Crippen LogP contribution in [0.3, 0.4) is 0 Å². The number of ether oxygens (including phenoxy) is 2. The van der Waals surface area contributed by atoms with Gasteiger partial charge in [-0.15, -0.1) is 24.0 Å². The number of anilines is 1. The topological polar surface area (TPSA) is 49.3 Å². The number of hydrogen-bond acceptors (Lipinski definition) is 4. The molecular weight excluding hydrogens is 455 g/mol. The summed E-state index contributed by atoms with van der Waals surface area (Å²) in [5, 5.41) is 3.44. The van der Waals surface area contributed by atoms with Crippen LogP contribution in [0.1, 0.15) is 19.8 Å². The number of aliphatic imine (C=N–C) groups is 1. The first-order chi connectivity index (χ1) is 12.8. The van der Waals surface area contributed by atoms with Crippen molar-refractivity contribution in [2.24, 2.45) is 4.99 Å². The van der Waals surface area contributed by atoms with Crippen LogP contribution in [-0.4, -0.2) is 77.1 Å². The molecule has 1 fully saturated rings. The van der Waals surface area contributed by atoms with E-state index >= 15 is 0 Å². The van der Waals surface area contributed by atoms with Gasteiger partial charge in [-0.05, 0) is 31.9 Å². The van der Waals surface area contributed by atoms with E-state index in [0.717, 1.165) is 64.7 Å². The molecule has 0 bridgehead atoms. The van der Waals surface area contributed by atoms with Crippen LogP contribution < -0.4 is 10.2 Å². The van der Waals surface area contributed by atoms with Crippen LogP contribution in [0.15, 0.2) is 35.3 Å². The summed E-state index contributed by atoms with van der Waals surface area (Å²) in [6.45, 7) is 10.0. The lowest BCUT2D eigenvalue weighted by molar-refractivity contribution is 0.0690. The van der Waals surface area contributed by atoms with Crippen molar-refractivity contribution >= 4 is 35.6 Å². The van der Waals surface area contributed by atoms with Crippen molar-refractivity contribution in [1.82, 2.24) is 10.2 Å². The standard InChI is InChI=1S/C20H34N4O2.HI/c1-3-21-20(22-11-7-8-16-26-18-17-25-2)24-14-12-23(13-15-24)19-9-5-4-6-10-19;/h4-6,9-10H,3,7-8,11-18H2,1-2H3,(H,21,22);1H. The SMILES string of the molecule is CCNC(=NCCCCOCCOC)N1CCN(c2ccccc2)CC1.I. The summed E-state index contributed by atoms with van der Waals surface area (Å²) >= 11 is 0. The Labute approximate surface area is 181 Å². The number of para-hydroxylation sites is 1. The third-order valence-electron chi connectivity index (χ3n) is 4.43. The quantitative estimate of drug-likeness (QED) is 0.237. The molecule has 1 aliphatic heterocycles. The maximum atomic E-state index is 5.49. The molecule has 0 atom stereocenters. The molecule has 0 aliphatic carbocycles. The number of benzene rings is 1. The molecule has 0 spiro atoms. The summed E-state index contributed by atoms with van der Waals surface area (Å²) in [7, 11) is 1.69. The van der Waals surface area contributed by atoms with Gasteiger partial charge in [-0.3, -0.25) is 4.99 Å². The third kappa shape index (κ3) is 9.12. The average molecular weight is 490 g/mol. The fourth-order valence-corrected chi connectivity index (χ4v) is 2.99. The highest BCUT2D eigenvalue weighted by Crippen LogP contribution is 2.15. The van der Waals surface area contributed by atoms with Crippen LogP contribution in [0.4, 0.5) is 5.69 Å². The summed E-state index contributed by atoms with van der Waals surface area (Å²) in [5.41, 5.74) is 1.31. The van der Waals surface area contributed by atoms with Gasteiger partial charge in [-0.1, -0.05) is 18.2 Å². The van der Waals surface area contributed by atoms with Gasteiger partial charge < -0.3 is 24.6 Å². The van der Waals surface area contributed by atoms with Crippen LogP contribution in [0.2, 0.25) is 0 Å². The Kier molecular flexibility index (Phi) is 13.3. The average Bonchev–Trinajstić information content (AvgIpc) is 2.70. The second-order valence-electron chi connectivity index (χ2n) is 6.36. The van der Waals surface area contributed by atoms with Crippen LogP contribution >= 0.6 is 24.0 Å². The second-order valence-corrected chi connectivity index (χ2v) is 6.36. The van der Waals surface area contributed by atoms with Gasteiger partial charge in [0, 0.05) is 58.7 Å². The Morgan fingerprint density at radius 3 is 2.44 bits per heavy atom. The van der Waals surface area contributed by atoms with Crippen LogP contribution in [0, 0.1) is 0 Å². The second kappa shape index (κ2) is 14.9. The first-order valence-electron chi connectivity index (χ1n) is 9.75. The number of nitrogens with zero attached hydrogens (tertiary/aromatic N) is 3. The molecule has 2 rings (SSSR count). The fourth-order valence-electron chi connectivity index (χ4n) is 2.99. The molecule has 0 aromatic heterocycles. The lowest BCUT2D eigenvalue weighted by Crippen LogP contribution is -2.52. The zero-order chi connectivity index (χ0) is 18.5. The number of guanidine groups is 1. The maximum Gasteiger partial charge on any atom is 0.194 e. The molecular formula is C20H35IN4O2. The molecule has 1 heterocycles. The third-order valence-corrected chi connectivity index (χ3v) is 4.43. The van der Waals surface area contributed by atoms with Crippen molar-refractivity contribution in [2.45, 2.75) is 19.8 Å². The van der Waals surface area contributed by atoms with E-state index in [2.05, 4.69) is 52.4 Å². The summed E-state index contributed by atoms with van der Waals surface area (Å²) in [6, 6.07) is 10.6. The molecule has 1 aliphatic rings. The van der Waals surface area contributed by atoms with Gasteiger partial charge >= 0.3 is 0 Å². The van der Waals surface area contributed by atoms with Crippen LogP contribution in [0.25, 0.3) is 0 Å². The molecule has 1 N–H and O–H groups in total. The Balaban J connectivity index is 0.00000364. The minimum Gasteiger partial charge on any atom is -0.382 e. The van der Waals surface area contributed by atoms with Crippen molar-refractivity contribution < 1.29 is 9.47 Å². The van der Waals surface area contributed by atoms with Crippen molar-refractivity contribution in [3.05, 3.63) is 30.3 Å². The molecule has 154 valence electrons. The zero-order valence-electron chi connectivity index (χ0n) is 16.7. The van der Waals surface area contributed by atoms with E-state index in [4.69, 9.17) is 14.5 Å². The zero-order valence-corrected chi connectivity index (χ0v) is 19.1. The van der Waals surface area contributed by atoms with Gasteiger partial charge in [0.15, 0.2) is 5.96 Å². The largest absolute Gasteiger partial charge is 0.382 e. The number of unbranched alkanes of at least 4 members (excludes halogenated alkanes) is 1. The van der Waals surface area contributed by atoms with E-state index in [-0.39, 0.29) is 24.0 Å². The van der Waals surface area contributed by atoms with E-state index < -0.39 is 0 Å². The predicted molar refractivity (Wildman–Crippen MR) is 124 cm³/mol. The first-order valence-corrected chi connectivity index (χ1v) is 9.75. The maximum absolute atomic E-state index is 5.49. The van der Waals surface area contributed by atoms with Crippen molar-refractivity contribution in [1.29, 1.82) is 0 Å². The van der Waals surface area contributed by atoms with Crippen molar-refractivity contribution in [3.8, 4) is 0 Å². The highest BCUT2D eigenvalue weighted by molar-refractivity contribution is 14.0. The highest BCUT2D eigenvalue weighted by atomic mass is 127. The van der Waals surface area contributed by atoms with Crippen molar-refractivity contribution in [2.75, 3.05) is 71.1 Å². The molecule has 7 heteroatoms. The van der Waals surface area contributed by atoms with E-state index in [9.17, 15) is 0 Å². The fraction of sp³-hybridized carbons (Fsp3) is 0.650. The Hall–Kier alpha value is -1.06. The molecule has 27 heavy (non-hydrogen) atoms. The van der Waals surface area contributed by atoms with E-state index in [0.29, 0.717) is 13.2 Å². The molecule has 6 nitrogen and oxygen atoms in total. The van der Waals surface area contributed by atoms with E-state index in [1.54, 1.807) is 7.11 Å². The van der Waals surface area contributed by atoms with Gasteiger partial charge in [0.05, 0.1) is 13.2 Å². The lowest BCUT2D eigenvalue weighted by Gasteiger charge is -2.37. The molecule has 0 saturated carbocycles. The molecule has 1 saturated heterocycles. The first kappa shape index (κ1) is 24.0. The smallest absolute Gasteiger partial charge is 0.194 e. The Morgan fingerprint density at radius 1 is 1.04 bits per heavy atom. The summed E-state index contributed by atoms with van der Waals surface area (Å²) < 4.78 is 10.5. The number of nitrogens with one attached hydrogen (secondary N) is 1. The van der Waals surface area contributed by atoms with Gasteiger partial charge in [-0.2, -0.15) is 0 Å². The molecule has 0 amide bonds. The number of hydrogen-bond donors (Lipinski definition) is 1. The molecule has 1 aromatic rings.